The van der Waals surface area contributed by atoms with E-state index in [1.165, 1.54) is 12.1 Å². The Morgan fingerprint density at radius 1 is 1.06 bits per heavy atom. The molecule has 5 rings (SSSR count). The zero-order valence-electron chi connectivity index (χ0n) is 18.9. The number of rotatable bonds is 5. The Labute approximate surface area is 196 Å². The van der Waals surface area contributed by atoms with Gasteiger partial charge in [-0.15, -0.1) is 5.10 Å². The maximum Gasteiger partial charge on any atom is 0.225 e. The molecule has 9 nitrogen and oxygen atoms in total. The summed E-state index contributed by atoms with van der Waals surface area (Å²) in [7, 11) is -3.63. The van der Waals surface area contributed by atoms with Gasteiger partial charge in [0.2, 0.25) is 5.95 Å². The van der Waals surface area contributed by atoms with Gasteiger partial charge < -0.3 is 4.90 Å². The summed E-state index contributed by atoms with van der Waals surface area (Å²) in [6, 6.07) is 5.90. The Bertz CT molecular complexity index is 1450. The van der Waals surface area contributed by atoms with Crippen LogP contribution in [-0.2, 0) is 16.3 Å². The minimum atomic E-state index is -3.63. The molecular formula is C23H24FN7O2S. The van der Waals surface area contributed by atoms with Crippen LogP contribution in [0.3, 0.4) is 0 Å². The van der Waals surface area contributed by atoms with Crippen molar-refractivity contribution in [3.63, 3.8) is 0 Å². The summed E-state index contributed by atoms with van der Waals surface area (Å²) in [5.74, 6) is -0.0508. The van der Waals surface area contributed by atoms with Gasteiger partial charge in [-0.1, -0.05) is 18.2 Å². The molecule has 0 aliphatic carbocycles. The monoisotopic (exact) mass is 481 g/mol. The van der Waals surface area contributed by atoms with E-state index < -0.39 is 15.7 Å². The molecule has 1 fully saturated rings. The highest BCUT2D eigenvalue weighted by Gasteiger charge is 2.25. The molecule has 0 saturated carbocycles. The molecule has 0 unspecified atom stereocenters. The number of benzene rings is 1. The SMILES string of the molecule is CCc1cnc(N2CCC(n3nnc4cc(-c5ccc(S(C)(=O)=O)c(F)c5)ncc43)CC2)nc1. The first-order chi connectivity index (χ1) is 16.3. The third-order valence-electron chi connectivity index (χ3n) is 6.18. The second kappa shape index (κ2) is 8.71. The van der Waals surface area contributed by atoms with E-state index in [2.05, 4.69) is 37.1 Å². The van der Waals surface area contributed by atoms with E-state index >= 15 is 0 Å². The molecule has 4 heterocycles. The van der Waals surface area contributed by atoms with Crippen molar-refractivity contribution in [2.24, 2.45) is 0 Å². The predicted molar refractivity (Wildman–Crippen MR) is 126 cm³/mol. The normalized spacial score (nSPS) is 15.2. The average molecular weight is 482 g/mol. The first kappa shape index (κ1) is 22.3. The number of nitrogens with zero attached hydrogens (tertiary/aromatic N) is 7. The zero-order chi connectivity index (χ0) is 23.9. The molecule has 1 aliphatic heterocycles. The van der Waals surface area contributed by atoms with Crippen molar-refractivity contribution in [2.45, 2.75) is 37.1 Å². The Kier molecular flexibility index (Phi) is 5.72. The van der Waals surface area contributed by atoms with Crippen LogP contribution >= 0.6 is 0 Å². The standard InChI is InChI=1S/C23H24FN7O2S/c1-3-15-12-26-23(27-13-15)30-8-6-17(7-9-30)31-21-14-25-19(11-20(21)28-29-31)16-4-5-22(18(24)10-16)34(2,32)33/h4-5,10-14,17H,3,6-9H2,1-2H3. The van der Waals surface area contributed by atoms with Crippen LogP contribution in [0.2, 0.25) is 0 Å². The van der Waals surface area contributed by atoms with Crippen molar-refractivity contribution < 1.29 is 12.8 Å². The van der Waals surface area contributed by atoms with Crippen molar-refractivity contribution in [2.75, 3.05) is 24.2 Å². The van der Waals surface area contributed by atoms with Crippen LogP contribution in [0.15, 0.2) is 47.8 Å². The van der Waals surface area contributed by atoms with Crippen LogP contribution < -0.4 is 4.90 Å². The summed E-state index contributed by atoms with van der Waals surface area (Å²) in [5.41, 5.74) is 3.55. The van der Waals surface area contributed by atoms with E-state index in [0.717, 1.165) is 55.6 Å². The third kappa shape index (κ3) is 4.23. The fourth-order valence-electron chi connectivity index (χ4n) is 4.23. The molecule has 0 spiro atoms. The van der Waals surface area contributed by atoms with E-state index in [1.807, 2.05) is 17.1 Å². The van der Waals surface area contributed by atoms with Crippen molar-refractivity contribution in [1.29, 1.82) is 0 Å². The fourth-order valence-corrected chi connectivity index (χ4v) is 4.96. The highest BCUT2D eigenvalue weighted by molar-refractivity contribution is 7.90. The summed E-state index contributed by atoms with van der Waals surface area (Å²) < 4.78 is 39.6. The maximum absolute atomic E-state index is 14.3. The van der Waals surface area contributed by atoms with E-state index in [1.54, 1.807) is 18.3 Å². The summed E-state index contributed by atoms with van der Waals surface area (Å²) in [6.07, 6.45) is 9.08. The molecule has 0 radical (unpaired) electrons. The molecule has 0 N–H and O–H groups in total. The Morgan fingerprint density at radius 2 is 1.79 bits per heavy atom. The average Bonchev–Trinajstić information content (AvgIpc) is 3.27. The van der Waals surface area contributed by atoms with E-state index in [-0.39, 0.29) is 10.9 Å². The topological polar surface area (TPSA) is 107 Å². The molecule has 11 heteroatoms. The molecule has 0 amide bonds. The quantitative estimate of drug-likeness (QED) is 0.428. The fraction of sp³-hybridized carbons (Fsp3) is 0.348. The molecule has 1 aliphatic rings. The van der Waals surface area contributed by atoms with Gasteiger partial charge in [0.25, 0.3) is 0 Å². The molecule has 0 atom stereocenters. The van der Waals surface area contributed by atoms with Gasteiger partial charge in [0.15, 0.2) is 9.84 Å². The van der Waals surface area contributed by atoms with Gasteiger partial charge in [-0.05, 0) is 43.0 Å². The molecular weight excluding hydrogens is 457 g/mol. The number of hydrogen-bond donors (Lipinski definition) is 0. The molecule has 176 valence electrons. The number of aryl methyl sites for hydroxylation is 1. The summed E-state index contributed by atoms with van der Waals surface area (Å²) in [5, 5.41) is 8.66. The first-order valence-electron chi connectivity index (χ1n) is 11.1. The van der Waals surface area contributed by atoms with Crippen molar-refractivity contribution in [3.8, 4) is 11.3 Å². The molecule has 34 heavy (non-hydrogen) atoms. The van der Waals surface area contributed by atoms with Gasteiger partial charge in [0, 0.05) is 37.3 Å². The van der Waals surface area contributed by atoms with E-state index in [9.17, 15) is 12.8 Å². The Hall–Kier alpha value is -3.47. The van der Waals surface area contributed by atoms with Crippen molar-refractivity contribution in [1.82, 2.24) is 29.9 Å². The maximum atomic E-state index is 14.3. The first-order valence-corrected chi connectivity index (χ1v) is 13.0. The predicted octanol–water partition coefficient (Wildman–Crippen LogP) is 3.23. The van der Waals surface area contributed by atoms with Crippen molar-refractivity contribution in [3.05, 3.63) is 54.2 Å². The van der Waals surface area contributed by atoms with Crippen LogP contribution in [0.25, 0.3) is 22.3 Å². The van der Waals surface area contributed by atoms with Gasteiger partial charge in [-0.2, -0.15) is 0 Å². The lowest BCUT2D eigenvalue weighted by Gasteiger charge is -2.32. The lowest BCUT2D eigenvalue weighted by molar-refractivity contribution is 0.366. The van der Waals surface area contributed by atoms with E-state index in [0.29, 0.717) is 16.8 Å². The number of sulfone groups is 1. The smallest absolute Gasteiger partial charge is 0.225 e. The number of anilines is 1. The van der Waals surface area contributed by atoms with Gasteiger partial charge in [0.1, 0.15) is 21.7 Å². The van der Waals surface area contributed by atoms with Crippen molar-refractivity contribution >= 4 is 26.8 Å². The molecule has 1 saturated heterocycles. The molecule has 1 aromatic carbocycles. The van der Waals surface area contributed by atoms with E-state index in [4.69, 9.17) is 0 Å². The lowest BCUT2D eigenvalue weighted by Crippen LogP contribution is -2.36. The van der Waals surface area contributed by atoms with Crippen LogP contribution in [-0.4, -0.2) is 57.7 Å². The summed E-state index contributed by atoms with van der Waals surface area (Å²) >= 11 is 0. The van der Waals surface area contributed by atoms with Crippen LogP contribution in [0.5, 0.6) is 0 Å². The number of fused-ring (bicyclic) bond motifs is 1. The third-order valence-corrected chi connectivity index (χ3v) is 7.31. The van der Waals surface area contributed by atoms with Gasteiger partial charge in [-0.3, -0.25) is 4.98 Å². The number of piperidine rings is 1. The number of halogens is 1. The number of hydrogen-bond acceptors (Lipinski definition) is 8. The lowest BCUT2D eigenvalue weighted by atomic mass is 10.1. The highest BCUT2D eigenvalue weighted by atomic mass is 32.2. The minimum absolute atomic E-state index is 0.176. The summed E-state index contributed by atoms with van der Waals surface area (Å²) in [4.78, 5) is 15.3. The van der Waals surface area contributed by atoms with Gasteiger partial charge >= 0.3 is 0 Å². The second-order valence-corrected chi connectivity index (χ2v) is 10.5. The van der Waals surface area contributed by atoms with Crippen LogP contribution in [0.1, 0.15) is 31.4 Å². The Morgan fingerprint density at radius 3 is 2.44 bits per heavy atom. The number of pyridine rings is 1. The van der Waals surface area contributed by atoms with Crippen LogP contribution in [0.4, 0.5) is 10.3 Å². The van der Waals surface area contributed by atoms with Gasteiger partial charge in [0.05, 0.1) is 17.9 Å². The molecule has 4 aromatic rings. The largest absolute Gasteiger partial charge is 0.341 e. The number of aromatic nitrogens is 6. The summed E-state index contributed by atoms with van der Waals surface area (Å²) in [6.45, 7) is 3.71. The zero-order valence-corrected chi connectivity index (χ0v) is 19.7. The van der Waals surface area contributed by atoms with Crippen LogP contribution in [0, 0.1) is 5.82 Å². The molecule has 0 bridgehead atoms. The minimum Gasteiger partial charge on any atom is -0.341 e. The molecule has 3 aromatic heterocycles. The van der Waals surface area contributed by atoms with Gasteiger partial charge in [-0.25, -0.2) is 27.5 Å². The highest BCUT2D eigenvalue weighted by Crippen LogP contribution is 2.29. The second-order valence-electron chi connectivity index (χ2n) is 8.47. The Balaban J connectivity index is 1.34.